The maximum atomic E-state index is 12.6. The van der Waals surface area contributed by atoms with E-state index in [-0.39, 0.29) is 5.91 Å². The number of carbonyl (C=O) groups excluding carboxylic acids is 1. The van der Waals surface area contributed by atoms with Gasteiger partial charge in [0.1, 0.15) is 5.82 Å². The van der Waals surface area contributed by atoms with Crippen LogP contribution in [0.25, 0.3) is 0 Å². The minimum atomic E-state index is -0.457. The van der Waals surface area contributed by atoms with Gasteiger partial charge in [-0.15, -0.1) is 0 Å². The monoisotopic (exact) mass is 314 g/mol. The molecule has 0 aromatic carbocycles. The molecule has 122 valence electrons. The summed E-state index contributed by atoms with van der Waals surface area (Å²) in [5.41, 5.74) is 0.719. The molecular formula is C17H23BN2O3. The lowest BCUT2D eigenvalue weighted by Crippen LogP contribution is -2.42. The second-order valence-electron chi connectivity index (χ2n) is 7.96. The number of hydrogen-bond acceptors (Lipinski definition) is 4. The lowest BCUT2D eigenvalue weighted by atomic mass is 9.68. The van der Waals surface area contributed by atoms with Gasteiger partial charge in [-0.05, 0) is 52.1 Å². The van der Waals surface area contributed by atoms with Crippen molar-refractivity contribution in [3.8, 4) is 0 Å². The second-order valence-corrected chi connectivity index (χ2v) is 7.96. The van der Waals surface area contributed by atoms with E-state index < -0.39 is 23.7 Å². The van der Waals surface area contributed by atoms with Gasteiger partial charge in [0, 0.05) is 11.8 Å². The number of pyridine rings is 1. The molecular weight excluding hydrogens is 291 g/mol. The standard InChI is InChI=1S/C17H23BN2O3/c1-15(2)16(3,4)23-18(22-15)11-7-10-19-13-12(11)17(14(21)20-13)8-5-6-9-17/h7,10H,5-6,8-9H2,1-4H3,(H,19,20,21). The van der Waals surface area contributed by atoms with Gasteiger partial charge >= 0.3 is 7.12 Å². The zero-order chi connectivity index (χ0) is 16.5. The van der Waals surface area contributed by atoms with Crippen LogP contribution in [0.3, 0.4) is 0 Å². The molecule has 1 saturated carbocycles. The zero-order valence-corrected chi connectivity index (χ0v) is 14.2. The summed E-state index contributed by atoms with van der Waals surface area (Å²) in [5, 5.41) is 2.97. The smallest absolute Gasteiger partial charge is 0.399 e. The number of nitrogens with zero attached hydrogens (tertiary/aromatic N) is 1. The minimum Gasteiger partial charge on any atom is -0.399 e. The number of anilines is 1. The van der Waals surface area contributed by atoms with Crippen LogP contribution in [0.4, 0.5) is 5.82 Å². The summed E-state index contributed by atoms with van der Waals surface area (Å²) >= 11 is 0. The Balaban J connectivity index is 1.82. The van der Waals surface area contributed by atoms with Gasteiger partial charge in [0.2, 0.25) is 5.91 Å². The number of rotatable bonds is 1. The SMILES string of the molecule is CC1(C)OB(c2ccnc3c2C2(CCCC2)C(=O)N3)OC1(C)C. The summed E-state index contributed by atoms with van der Waals surface area (Å²) in [6, 6.07) is 1.95. The molecule has 1 amide bonds. The van der Waals surface area contributed by atoms with Crippen molar-refractivity contribution in [1.29, 1.82) is 0 Å². The molecule has 1 spiro atoms. The average Bonchev–Trinajstić information content (AvgIpc) is 3.10. The molecule has 3 aliphatic rings. The fourth-order valence-electron chi connectivity index (χ4n) is 4.04. The minimum absolute atomic E-state index is 0.0847. The van der Waals surface area contributed by atoms with Gasteiger partial charge in [-0.2, -0.15) is 0 Å². The van der Waals surface area contributed by atoms with Crippen molar-refractivity contribution < 1.29 is 14.1 Å². The van der Waals surface area contributed by atoms with Crippen LogP contribution in [0.15, 0.2) is 12.3 Å². The van der Waals surface area contributed by atoms with E-state index in [0.29, 0.717) is 5.82 Å². The Kier molecular flexibility index (Phi) is 3.01. The summed E-state index contributed by atoms with van der Waals surface area (Å²) in [6.45, 7) is 8.18. The van der Waals surface area contributed by atoms with E-state index in [4.69, 9.17) is 9.31 Å². The van der Waals surface area contributed by atoms with Gasteiger partial charge < -0.3 is 14.6 Å². The number of fused-ring (bicyclic) bond motifs is 2. The highest BCUT2D eigenvalue weighted by Gasteiger charge is 2.56. The molecule has 1 aliphatic carbocycles. The second kappa shape index (κ2) is 4.58. The van der Waals surface area contributed by atoms with Gasteiger partial charge in [-0.3, -0.25) is 4.79 Å². The molecule has 23 heavy (non-hydrogen) atoms. The first-order chi connectivity index (χ1) is 10.8. The van der Waals surface area contributed by atoms with E-state index in [2.05, 4.69) is 10.3 Å². The Morgan fingerprint density at radius 3 is 2.35 bits per heavy atom. The molecule has 6 heteroatoms. The predicted octanol–water partition coefficient (Wildman–Crippen LogP) is 2.14. The third-order valence-corrected chi connectivity index (χ3v) is 6.09. The van der Waals surface area contributed by atoms with Gasteiger partial charge in [-0.1, -0.05) is 12.8 Å². The van der Waals surface area contributed by atoms with E-state index in [0.717, 1.165) is 36.7 Å². The van der Waals surface area contributed by atoms with Crippen molar-refractivity contribution in [3.63, 3.8) is 0 Å². The normalized spacial score (nSPS) is 26.6. The largest absolute Gasteiger partial charge is 0.495 e. The summed E-state index contributed by atoms with van der Waals surface area (Å²) in [7, 11) is -0.457. The number of aromatic nitrogens is 1. The molecule has 5 nitrogen and oxygen atoms in total. The molecule has 2 aliphatic heterocycles. The molecule has 3 heterocycles. The Hall–Kier alpha value is -1.40. The fourth-order valence-corrected chi connectivity index (χ4v) is 4.04. The highest BCUT2D eigenvalue weighted by Crippen LogP contribution is 2.48. The molecule has 1 saturated heterocycles. The van der Waals surface area contributed by atoms with E-state index in [1.165, 1.54) is 0 Å². The van der Waals surface area contributed by atoms with Crippen LogP contribution in [-0.2, 0) is 19.5 Å². The highest BCUT2D eigenvalue weighted by atomic mass is 16.7. The van der Waals surface area contributed by atoms with Crippen LogP contribution in [0.5, 0.6) is 0 Å². The molecule has 1 aromatic rings. The van der Waals surface area contributed by atoms with Crippen molar-refractivity contribution in [1.82, 2.24) is 4.98 Å². The Morgan fingerprint density at radius 2 is 1.74 bits per heavy atom. The van der Waals surface area contributed by atoms with E-state index in [9.17, 15) is 4.79 Å². The predicted molar refractivity (Wildman–Crippen MR) is 88.7 cm³/mol. The topological polar surface area (TPSA) is 60.5 Å². The van der Waals surface area contributed by atoms with Gasteiger partial charge in [0.15, 0.2) is 0 Å². The van der Waals surface area contributed by atoms with E-state index in [1.807, 2.05) is 33.8 Å². The van der Waals surface area contributed by atoms with Crippen molar-refractivity contribution in [2.75, 3.05) is 5.32 Å². The molecule has 2 fully saturated rings. The first kappa shape index (κ1) is 15.2. The molecule has 0 bridgehead atoms. The summed E-state index contributed by atoms with van der Waals surface area (Å²) in [6.07, 6.45) is 5.64. The van der Waals surface area contributed by atoms with Gasteiger partial charge in [-0.25, -0.2) is 4.98 Å². The van der Waals surface area contributed by atoms with Crippen LogP contribution < -0.4 is 10.8 Å². The Labute approximate surface area is 137 Å². The van der Waals surface area contributed by atoms with Crippen LogP contribution in [0.2, 0.25) is 0 Å². The molecule has 4 rings (SSSR count). The summed E-state index contributed by atoms with van der Waals surface area (Å²) < 4.78 is 12.4. The molecule has 1 aromatic heterocycles. The summed E-state index contributed by atoms with van der Waals surface area (Å²) in [5.74, 6) is 0.769. The van der Waals surface area contributed by atoms with Gasteiger partial charge in [0.05, 0.1) is 16.6 Å². The molecule has 0 atom stereocenters. The maximum absolute atomic E-state index is 12.6. The van der Waals surface area contributed by atoms with Gasteiger partial charge in [0.25, 0.3) is 0 Å². The third kappa shape index (κ3) is 1.94. The number of carbonyl (C=O) groups is 1. The van der Waals surface area contributed by atoms with Crippen LogP contribution in [0.1, 0.15) is 58.9 Å². The lowest BCUT2D eigenvalue weighted by molar-refractivity contribution is -0.120. The Morgan fingerprint density at radius 1 is 1.13 bits per heavy atom. The van der Waals surface area contributed by atoms with Crippen LogP contribution >= 0.6 is 0 Å². The zero-order valence-electron chi connectivity index (χ0n) is 14.2. The molecule has 0 radical (unpaired) electrons. The first-order valence-electron chi connectivity index (χ1n) is 8.43. The highest BCUT2D eigenvalue weighted by molar-refractivity contribution is 6.63. The molecule has 1 N–H and O–H groups in total. The van der Waals surface area contributed by atoms with Crippen molar-refractivity contribution in [3.05, 3.63) is 17.8 Å². The van der Waals surface area contributed by atoms with Crippen molar-refractivity contribution >= 4 is 24.3 Å². The number of amides is 1. The number of hydrogen-bond donors (Lipinski definition) is 1. The quantitative estimate of drug-likeness (QED) is 0.807. The van der Waals surface area contributed by atoms with Crippen LogP contribution in [0, 0.1) is 0 Å². The Bertz CT molecular complexity index is 664. The van der Waals surface area contributed by atoms with Crippen LogP contribution in [-0.4, -0.2) is 29.2 Å². The lowest BCUT2D eigenvalue weighted by Gasteiger charge is -2.32. The maximum Gasteiger partial charge on any atom is 0.495 e. The average molecular weight is 314 g/mol. The molecule has 0 unspecified atom stereocenters. The van der Waals surface area contributed by atoms with Crippen molar-refractivity contribution in [2.45, 2.75) is 70.0 Å². The third-order valence-electron chi connectivity index (χ3n) is 6.09. The fraction of sp³-hybridized carbons (Fsp3) is 0.647. The van der Waals surface area contributed by atoms with E-state index in [1.54, 1.807) is 6.20 Å². The van der Waals surface area contributed by atoms with Crippen molar-refractivity contribution in [2.24, 2.45) is 0 Å². The summed E-state index contributed by atoms with van der Waals surface area (Å²) in [4.78, 5) is 17.0. The first-order valence-corrected chi connectivity index (χ1v) is 8.43. The van der Waals surface area contributed by atoms with E-state index >= 15 is 0 Å². The number of nitrogens with one attached hydrogen (secondary N) is 1.